The highest BCUT2D eigenvalue weighted by molar-refractivity contribution is 7.80. The molecule has 6 heteroatoms. The second kappa shape index (κ2) is 6.59. The van der Waals surface area contributed by atoms with E-state index in [2.05, 4.69) is 22.7 Å². The van der Waals surface area contributed by atoms with E-state index in [0.29, 0.717) is 0 Å². The zero-order valence-electron chi connectivity index (χ0n) is 9.29. The van der Waals surface area contributed by atoms with Gasteiger partial charge in [0, 0.05) is 6.21 Å². The van der Waals surface area contributed by atoms with Gasteiger partial charge in [0.25, 0.3) is 0 Å². The van der Waals surface area contributed by atoms with Gasteiger partial charge in [0.2, 0.25) is 0 Å². The summed E-state index contributed by atoms with van der Waals surface area (Å²) in [6, 6.07) is 9.16. The minimum Gasteiger partial charge on any atom is -0.468 e. The number of nitrogens with zero attached hydrogens (tertiary/aromatic N) is 1. The highest BCUT2D eigenvalue weighted by Gasteiger charge is 2.18. The molecule has 1 rings (SSSR count). The number of hydrogen-bond acceptors (Lipinski definition) is 4. The number of rotatable bonds is 4. The molecule has 0 saturated carbocycles. The van der Waals surface area contributed by atoms with Crippen LogP contribution in [0.1, 0.15) is 11.5 Å². The summed E-state index contributed by atoms with van der Waals surface area (Å²) < 4.78 is 4.70. The number of methoxy groups -OCH3 is 1. The van der Waals surface area contributed by atoms with E-state index in [4.69, 9.17) is 10.5 Å². The number of thiocarbonyl (C=S) groups is 1. The number of hydrogen-bond donors (Lipinski definition) is 2. The van der Waals surface area contributed by atoms with Crippen LogP contribution in [0.15, 0.2) is 35.4 Å². The Labute approximate surface area is 105 Å². The number of carbonyl (C=O) groups excluding carboxylic acids is 1. The lowest BCUT2D eigenvalue weighted by atomic mass is 10.0. The van der Waals surface area contributed by atoms with Crippen LogP contribution in [-0.4, -0.2) is 24.4 Å². The summed E-state index contributed by atoms with van der Waals surface area (Å²) >= 11 is 4.60. The van der Waals surface area contributed by atoms with E-state index in [0.717, 1.165) is 5.56 Å². The van der Waals surface area contributed by atoms with Gasteiger partial charge in [-0.25, -0.2) is 0 Å². The number of hydrazone groups is 1. The highest BCUT2D eigenvalue weighted by atomic mass is 32.1. The molecular formula is C11H13N3O2S. The predicted octanol–water partition coefficient (Wildman–Crippen LogP) is 0.762. The molecule has 5 nitrogen and oxygen atoms in total. The first kappa shape index (κ1) is 13.1. The van der Waals surface area contributed by atoms with Crippen molar-refractivity contribution in [3.8, 4) is 0 Å². The van der Waals surface area contributed by atoms with Gasteiger partial charge in [-0.3, -0.25) is 10.2 Å². The lowest BCUT2D eigenvalue weighted by Gasteiger charge is -2.09. The zero-order valence-corrected chi connectivity index (χ0v) is 10.1. The maximum Gasteiger partial charge on any atom is 0.318 e. The molecule has 0 aromatic heterocycles. The Kier molecular flexibility index (Phi) is 5.09. The Balaban J connectivity index is 2.85. The fraction of sp³-hybridized carbons (Fsp3) is 0.182. The van der Waals surface area contributed by atoms with Crippen molar-refractivity contribution in [2.75, 3.05) is 7.11 Å². The molecule has 0 aliphatic rings. The van der Waals surface area contributed by atoms with Crippen LogP contribution in [0.5, 0.6) is 0 Å². The van der Waals surface area contributed by atoms with E-state index in [1.807, 2.05) is 30.3 Å². The Morgan fingerprint density at radius 2 is 2.18 bits per heavy atom. The SMILES string of the molecule is COC(=O)C(/C=N/NC(N)=S)c1ccccc1. The molecule has 1 aromatic carbocycles. The third-order valence-electron chi connectivity index (χ3n) is 2.01. The molecule has 0 bridgehead atoms. The van der Waals surface area contributed by atoms with Gasteiger partial charge in [-0.2, -0.15) is 5.10 Å². The van der Waals surface area contributed by atoms with Crippen LogP contribution in [0.3, 0.4) is 0 Å². The van der Waals surface area contributed by atoms with Crippen molar-refractivity contribution in [2.45, 2.75) is 5.92 Å². The van der Waals surface area contributed by atoms with Crippen LogP contribution < -0.4 is 11.2 Å². The number of ether oxygens (including phenoxy) is 1. The molecule has 1 atom stereocenters. The molecule has 1 unspecified atom stereocenters. The molecule has 0 amide bonds. The predicted molar refractivity (Wildman–Crippen MR) is 69.6 cm³/mol. The topological polar surface area (TPSA) is 76.7 Å². The van der Waals surface area contributed by atoms with E-state index in [1.54, 1.807) is 0 Å². The lowest BCUT2D eigenvalue weighted by Crippen LogP contribution is -2.25. The summed E-state index contributed by atoms with van der Waals surface area (Å²) in [6.45, 7) is 0. The number of nitrogens with one attached hydrogen (secondary N) is 1. The van der Waals surface area contributed by atoms with Gasteiger partial charge >= 0.3 is 5.97 Å². The quantitative estimate of drug-likeness (QED) is 0.357. The second-order valence-corrected chi connectivity index (χ2v) is 3.61. The summed E-state index contributed by atoms with van der Waals surface area (Å²) in [6.07, 6.45) is 1.40. The van der Waals surface area contributed by atoms with Crippen molar-refractivity contribution < 1.29 is 9.53 Å². The first-order chi connectivity index (χ1) is 8.15. The van der Waals surface area contributed by atoms with Gasteiger partial charge in [0.1, 0.15) is 5.92 Å². The van der Waals surface area contributed by atoms with Gasteiger partial charge < -0.3 is 10.5 Å². The Morgan fingerprint density at radius 3 is 2.71 bits per heavy atom. The van der Waals surface area contributed by atoms with Crippen molar-refractivity contribution >= 4 is 29.5 Å². The molecular weight excluding hydrogens is 238 g/mol. The first-order valence-corrected chi connectivity index (χ1v) is 5.27. The maximum absolute atomic E-state index is 11.6. The number of benzene rings is 1. The number of carbonyl (C=O) groups is 1. The Morgan fingerprint density at radius 1 is 1.53 bits per heavy atom. The van der Waals surface area contributed by atoms with Gasteiger partial charge in [-0.1, -0.05) is 30.3 Å². The molecule has 0 fully saturated rings. The van der Waals surface area contributed by atoms with Crippen LogP contribution in [-0.2, 0) is 9.53 Å². The molecule has 0 heterocycles. The van der Waals surface area contributed by atoms with Gasteiger partial charge in [-0.15, -0.1) is 0 Å². The van der Waals surface area contributed by atoms with Gasteiger partial charge in [0.15, 0.2) is 5.11 Å². The molecule has 0 radical (unpaired) electrons. The molecule has 0 aliphatic heterocycles. The molecule has 0 spiro atoms. The molecule has 3 N–H and O–H groups in total. The summed E-state index contributed by atoms with van der Waals surface area (Å²) in [5.41, 5.74) is 8.40. The van der Waals surface area contributed by atoms with Gasteiger partial charge in [0.05, 0.1) is 7.11 Å². The summed E-state index contributed by atoms with van der Waals surface area (Å²) in [4.78, 5) is 11.6. The zero-order chi connectivity index (χ0) is 12.7. The van der Waals surface area contributed by atoms with Crippen LogP contribution in [0.25, 0.3) is 0 Å². The van der Waals surface area contributed by atoms with Gasteiger partial charge in [-0.05, 0) is 17.8 Å². The normalized spacial score (nSPS) is 12.1. The van der Waals surface area contributed by atoms with Crippen molar-refractivity contribution in [1.82, 2.24) is 5.43 Å². The van der Waals surface area contributed by atoms with Crippen molar-refractivity contribution in [3.63, 3.8) is 0 Å². The van der Waals surface area contributed by atoms with Crippen molar-refractivity contribution in [3.05, 3.63) is 35.9 Å². The molecule has 90 valence electrons. The van der Waals surface area contributed by atoms with Crippen LogP contribution in [0.4, 0.5) is 0 Å². The third-order valence-corrected chi connectivity index (χ3v) is 2.10. The standard InChI is InChI=1S/C11H13N3O2S/c1-16-10(15)9(7-13-14-11(12)17)8-5-3-2-4-6-8/h2-7,9H,1H3,(H3,12,14,17)/b13-7+. The largest absolute Gasteiger partial charge is 0.468 e. The fourth-order valence-electron chi connectivity index (χ4n) is 1.25. The fourth-order valence-corrected chi connectivity index (χ4v) is 1.30. The summed E-state index contributed by atoms with van der Waals surface area (Å²) in [5, 5.41) is 3.81. The minimum atomic E-state index is -0.581. The average Bonchev–Trinajstić information content (AvgIpc) is 2.34. The summed E-state index contributed by atoms with van der Waals surface area (Å²) in [5.74, 6) is -0.979. The van der Waals surface area contributed by atoms with E-state index in [1.165, 1.54) is 13.3 Å². The van der Waals surface area contributed by atoms with Crippen molar-refractivity contribution in [2.24, 2.45) is 10.8 Å². The maximum atomic E-state index is 11.6. The van der Waals surface area contributed by atoms with E-state index in [9.17, 15) is 4.79 Å². The number of nitrogens with two attached hydrogens (primary N) is 1. The van der Waals surface area contributed by atoms with Crippen LogP contribution >= 0.6 is 12.2 Å². The van der Waals surface area contributed by atoms with E-state index >= 15 is 0 Å². The summed E-state index contributed by atoms with van der Waals surface area (Å²) in [7, 11) is 1.33. The Hall–Kier alpha value is -1.95. The third kappa shape index (κ3) is 4.20. The smallest absolute Gasteiger partial charge is 0.318 e. The highest BCUT2D eigenvalue weighted by Crippen LogP contribution is 2.14. The minimum absolute atomic E-state index is 0.0397. The Bertz CT molecular complexity index is 420. The molecule has 1 aromatic rings. The van der Waals surface area contributed by atoms with Crippen LogP contribution in [0.2, 0.25) is 0 Å². The monoisotopic (exact) mass is 251 g/mol. The average molecular weight is 251 g/mol. The first-order valence-electron chi connectivity index (χ1n) is 4.86. The molecule has 0 saturated heterocycles. The van der Waals surface area contributed by atoms with Crippen LogP contribution in [0, 0.1) is 0 Å². The second-order valence-electron chi connectivity index (χ2n) is 3.17. The van der Waals surface area contributed by atoms with E-state index in [-0.39, 0.29) is 5.11 Å². The lowest BCUT2D eigenvalue weighted by molar-refractivity contribution is -0.140. The molecule has 17 heavy (non-hydrogen) atoms. The molecule has 0 aliphatic carbocycles. The van der Waals surface area contributed by atoms with Crippen molar-refractivity contribution in [1.29, 1.82) is 0 Å². The number of esters is 1. The van der Waals surface area contributed by atoms with E-state index < -0.39 is 11.9 Å².